The number of rotatable bonds is 2. The van der Waals surface area contributed by atoms with Crippen molar-refractivity contribution in [1.82, 2.24) is 0 Å². The summed E-state index contributed by atoms with van der Waals surface area (Å²) in [5.41, 5.74) is 2.18. The number of hydrogen-bond donors (Lipinski definition) is 0. The molecular weight excluding hydrogens is 238 g/mol. The van der Waals surface area contributed by atoms with E-state index >= 15 is 0 Å². The number of hydrogen-bond acceptors (Lipinski definition) is 1. The molecule has 82 valence electrons. The van der Waals surface area contributed by atoms with Crippen LogP contribution in [-0.2, 0) is 19.9 Å². The number of allylic oxidation sites excluding steroid dienone is 2. The predicted molar refractivity (Wildman–Crippen MR) is 71.5 cm³/mol. The summed E-state index contributed by atoms with van der Waals surface area (Å²) in [7, 11) is -0.0814. The summed E-state index contributed by atoms with van der Waals surface area (Å²) in [5.74, 6) is 0. The van der Waals surface area contributed by atoms with Gasteiger partial charge in [0.15, 0.2) is 0 Å². The Balaban J connectivity index is 2.59. The largest absolute Gasteiger partial charge is 0.214 e. The second-order valence-electron chi connectivity index (χ2n) is 3.30. The molecule has 16 heavy (non-hydrogen) atoms. The SMILES string of the molecule is C=CCC1=Cc2ccccc2S(=S=O)N=C1. The fourth-order valence-corrected chi connectivity index (χ4v) is 3.39. The Morgan fingerprint density at radius 1 is 1.44 bits per heavy atom. The van der Waals surface area contributed by atoms with E-state index < -0.39 is 9.64 Å². The van der Waals surface area contributed by atoms with Crippen LogP contribution in [0.25, 0.3) is 6.08 Å². The zero-order chi connectivity index (χ0) is 11.4. The molecule has 1 heterocycles. The first-order valence-electron chi connectivity index (χ1n) is 4.84. The molecule has 0 radical (unpaired) electrons. The van der Waals surface area contributed by atoms with E-state index in [4.69, 9.17) is 0 Å². The van der Waals surface area contributed by atoms with Crippen molar-refractivity contribution in [3.63, 3.8) is 0 Å². The highest BCUT2D eigenvalue weighted by Crippen LogP contribution is 2.21. The van der Waals surface area contributed by atoms with Gasteiger partial charge in [-0.15, -0.1) is 6.58 Å². The van der Waals surface area contributed by atoms with Gasteiger partial charge >= 0.3 is 0 Å². The van der Waals surface area contributed by atoms with Gasteiger partial charge in [0.2, 0.25) is 0 Å². The van der Waals surface area contributed by atoms with Gasteiger partial charge in [-0.3, -0.25) is 0 Å². The third kappa shape index (κ3) is 2.28. The lowest BCUT2D eigenvalue weighted by molar-refractivity contribution is 0.701. The smallest absolute Gasteiger partial charge is 0.148 e. The van der Waals surface area contributed by atoms with Crippen molar-refractivity contribution in [2.24, 2.45) is 4.40 Å². The molecule has 0 aliphatic carbocycles. The summed E-state index contributed by atoms with van der Waals surface area (Å²) in [4.78, 5) is 1.01. The molecule has 0 N–H and O–H groups in total. The quantitative estimate of drug-likeness (QED) is 0.741. The molecule has 1 unspecified atom stereocenters. The highest BCUT2D eigenvalue weighted by Gasteiger charge is 2.08. The average Bonchev–Trinajstić information content (AvgIpc) is 2.48. The lowest BCUT2D eigenvalue weighted by Crippen LogP contribution is -1.88. The highest BCUT2D eigenvalue weighted by atomic mass is 32.8. The van der Waals surface area contributed by atoms with E-state index in [1.807, 2.05) is 30.3 Å². The van der Waals surface area contributed by atoms with E-state index in [9.17, 15) is 4.21 Å². The minimum absolute atomic E-state index is 0.543. The van der Waals surface area contributed by atoms with Crippen molar-refractivity contribution in [3.8, 4) is 0 Å². The molecule has 0 spiro atoms. The Hall–Kier alpha value is -1.26. The summed E-state index contributed by atoms with van der Waals surface area (Å²) < 4.78 is 15.4. The van der Waals surface area contributed by atoms with Gasteiger partial charge in [-0.25, -0.2) is 8.61 Å². The third-order valence-corrected chi connectivity index (χ3v) is 4.56. The van der Waals surface area contributed by atoms with Gasteiger partial charge in [0.1, 0.15) is 10.2 Å². The second-order valence-corrected chi connectivity index (χ2v) is 5.94. The van der Waals surface area contributed by atoms with Crippen molar-refractivity contribution in [1.29, 1.82) is 0 Å². The van der Waals surface area contributed by atoms with Crippen LogP contribution in [0.3, 0.4) is 0 Å². The van der Waals surface area contributed by atoms with E-state index in [1.165, 1.54) is 0 Å². The number of fused-ring (bicyclic) bond motifs is 1. The number of benzene rings is 1. The van der Waals surface area contributed by atoms with Crippen LogP contribution >= 0.6 is 0 Å². The van der Waals surface area contributed by atoms with Crippen molar-refractivity contribution in [2.45, 2.75) is 11.3 Å². The zero-order valence-corrected chi connectivity index (χ0v) is 10.3. The van der Waals surface area contributed by atoms with Gasteiger partial charge in [-0.2, -0.15) is 0 Å². The summed E-state index contributed by atoms with van der Waals surface area (Å²) in [6.07, 6.45) is 6.48. The lowest BCUT2D eigenvalue weighted by atomic mass is 10.1. The minimum Gasteiger partial charge on any atom is -0.214 e. The van der Waals surface area contributed by atoms with Crippen LogP contribution in [0.15, 0.2) is 51.8 Å². The Bertz CT molecular complexity index is 540. The molecule has 0 saturated carbocycles. The van der Waals surface area contributed by atoms with E-state index in [0.717, 1.165) is 22.5 Å². The van der Waals surface area contributed by atoms with Crippen LogP contribution in [0.5, 0.6) is 0 Å². The topological polar surface area (TPSA) is 29.4 Å². The molecule has 0 fully saturated rings. The maximum absolute atomic E-state index is 11.0. The standard InChI is InChI=1S/C12H11NOS2/c1-2-5-10-8-11-6-3-4-7-12(11)16(15-14)13-9-10/h2-4,6-9H,1,5H2. The molecule has 0 saturated heterocycles. The predicted octanol–water partition coefficient (Wildman–Crippen LogP) is 2.75. The Labute approximate surface area is 100 Å². The summed E-state index contributed by atoms with van der Waals surface area (Å²) in [6, 6.07) is 7.90. The van der Waals surface area contributed by atoms with E-state index in [0.29, 0.717) is 10.2 Å². The fourth-order valence-electron chi connectivity index (χ4n) is 1.50. The highest BCUT2D eigenvalue weighted by molar-refractivity contribution is 8.30. The fraction of sp³-hybridized carbons (Fsp3) is 0.0833. The van der Waals surface area contributed by atoms with Crippen LogP contribution in [0, 0.1) is 0 Å². The molecule has 2 rings (SSSR count). The minimum atomic E-state index is -0.624. The molecule has 1 aromatic carbocycles. The maximum atomic E-state index is 11.0. The second kappa shape index (κ2) is 5.18. The van der Waals surface area contributed by atoms with Gasteiger partial charge in [0.05, 0.1) is 9.64 Å². The van der Waals surface area contributed by atoms with E-state index in [1.54, 1.807) is 6.21 Å². The van der Waals surface area contributed by atoms with Gasteiger partial charge in [-0.1, -0.05) is 24.3 Å². The normalized spacial score (nSPS) is 18.2. The van der Waals surface area contributed by atoms with Crippen LogP contribution in [-0.4, -0.2) is 10.4 Å². The summed E-state index contributed by atoms with van der Waals surface area (Å²) >= 11 is 0. The van der Waals surface area contributed by atoms with Crippen molar-refractivity contribution >= 4 is 32.2 Å². The molecule has 1 aliphatic heterocycles. The van der Waals surface area contributed by atoms with Crippen molar-refractivity contribution < 1.29 is 4.21 Å². The van der Waals surface area contributed by atoms with Crippen LogP contribution in [0.4, 0.5) is 0 Å². The first-order chi connectivity index (χ1) is 7.85. The molecule has 1 atom stereocenters. The van der Waals surface area contributed by atoms with Crippen LogP contribution in [0.2, 0.25) is 0 Å². The Morgan fingerprint density at radius 3 is 3.00 bits per heavy atom. The lowest BCUT2D eigenvalue weighted by Gasteiger charge is -2.01. The molecule has 0 bridgehead atoms. The molecule has 2 nitrogen and oxygen atoms in total. The molecule has 4 heteroatoms. The van der Waals surface area contributed by atoms with Gasteiger partial charge < -0.3 is 0 Å². The molecule has 1 aliphatic rings. The van der Waals surface area contributed by atoms with E-state index in [-0.39, 0.29) is 0 Å². The molecule has 1 aromatic rings. The van der Waals surface area contributed by atoms with Crippen LogP contribution in [0.1, 0.15) is 12.0 Å². The van der Waals surface area contributed by atoms with Crippen molar-refractivity contribution in [2.75, 3.05) is 0 Å². The van der Waals surface area contributed by atoms with E-state index in [2.05, 4.69) is 17.1 Å². The zero-order valence-electron chi connectivity index (χ0n) is 8.63. The van der Waals surface area contributed by atoms with Gasteiger partial charge in [0.25, 0.3) is 0 Å². The molecule has 0 aromatic heterocycles. The summed E-state index contributed by atoms with van der Waals surface area (Å²) in [5, 5.41) is 0. The molecule has 0 amide bonds. The Morgan fingerprint density at radius 2 is 2.25 bits per heavy atom. The van der Waals surface area contributed by atoms with Crippen LogP contribution < -0.4 is 0 Å². The first-order valence-corrected chi connectivity index (χ1v) is 7.28. The monoisotopic (exact) mass is 249 g/mol. The average molecular weight is 249 g/mol. The van der Waals surface area contributed by atoms with Crippen molar-refractivity contribution in [3.05, 3.63) is 48.1 Å². The first kappa shape index (κ1) is 11.2. The van der Waals surface area contributed by atoms with Gasteiger partial charge in [-0.05, 0) is 29.7 Å². The number of nitrogens with zero attached hydrogens (tertiary/aromatic N) is 1. The Kier molecular flexibility index (Phi) is 3.64. The summed E-state index contributed by atoms with van der Waals surface area (Å²) in [6.45, 7) is 3.71. The maximum Gasteiger partial charge on any atom is 0.148 e. The van der Waals surface area contributed by atoms with Gasteiger partial charge in [0, 0.05) is 11.1 Å². The molecular formula is C12H11NOS2. The third-order valence-electron chi connectivity index (χ3n) is 2.21.